The molecule has 2 heteroatoms. The van der Waals surface area contributed by atoms with E-state index in [1.165, 1.54) is 19.5 Å². The van der Waals surface area contributed by atoms with E-state index >= 15 is 0 Å². The van der Waals surface area contributed by atoms with Gasteiger partial charge in [-0.2, -0.15) is 0 Å². The molecule has 1 N–H and O–H groups in total. The second-order valence-electron chi connectivity index (χ2n) is 3.52. The maximum atomic E-state index is 3.49. The van der Waals surface area contributed by atoms with Crippen LogP contribution in [0.5, 0.6) is 0 Å². The van der Waals surface area contributed by atoms with Crippen molar-refractivity contribution in [2.45, 2.75) is 32.7 Å². The quantitative estimate of drug-likeness (QED) is 0.651. The fourth-order valence-electron chi connectivity index (χ4n) is 1.83. The minimum atomic E-state index is 0.722. The van der Waals surface area contributed by atoms with Crippen LogP contribution in [-0.4, -0.2) is 37.1 Å². The third-order valence-corrected chi connectivity index (χ3v) is 2.49. The van der Waals surface area contributed by atoms with Crippen molar-refractivity contribution in [2.75, 3.05) is 26.2 Å². The summed E-state index contributed by atoms with van der Waals surface area (Å²) in [6.07, 6.45) is 2.32. The Bertz CT molecular complexity index is 190. The first-order chi connectivity index (χ1) is 6.36. The maximum Gasteiger partial charge on any atom is 0.0216 e. The molecule has 1 aliphatic rings. The Labute approximate surface area is 81.7 Å². The van der Waals surface area contributed by atoms with Crippen LogP contribution < -0.4 is 5.32 Å². The molecular weight excluding hydrogens is 160 g/mol. The van der Waals surface area contributed by atoms with E-state index < -0.39 is 0 Å². The lowest BCUT2D eigenvalue weighted by molar-refractivity contribution is 0.336. The van der Waals surface area contributed by atoms with Crippen LogP contribution in [0.15, 0.2) is 0 Å². The van der Waals surface area contributed by atoms with Gasteiger partial charge in [0.25, 0.3) is 0 Å². The summed E-state index contributed by atoms with van der Waals surface area (Å²) < 4.78 is 0. The number of nitrogens with zero attached hydrogens (tertiary/aromatic N) is 1. The van der Waals surface area contributed by atoms with E-state index in [0.717, 1.165) is 25.6 Å². The Morgan fingerprint density at radius 3 is 3.08 bits per heavy atom. The van der Waals surface area contributed by atoms with Crippen molar-refractivity contribution in [3.05, 3.63) is 0 Å². The van der Waals surface area contributed by atoms with E-state index in [1.807, 2.05) is 6.92 Å². The van der Waals surface area contributed by atoms with Crippen molar-refractivity contribution in [1.29, 1.82) is 0 Å². The van der Waals surface area contributed by atoms with Crippen LogP contribution in [0.25, 0.3) is 0 Å². The van der Waals surface area contributed by atoms with Crippen LogP contribution in [0.2, 0.25) is 0 Å². The minimum Gasteiger partial charge on any atom is -0.313 e. The lowest BCUT2D eigenvalue weighted by atomic mass is 10.3. The molecule has 0 aromatic heterocycles. The first-order valence-electron chi connectivity index (χ1n) is 5.22. The molecule has 0 aromatic rings. The van der Waals surface area contributed by atoms with Crippen LogP contribution in [0.3, 0.4) is 0 Å². The number of likely N-dealkylation sites (tertiary alicyclic amines) is 1. The second-order valence-corrected chi connectivity index (χ2v) is 3.52. The van der Waals surface area contributed by atoms with Gasteiger partial charge in [-0.15, -0.1) is 11.8 Å². The molecule has 13 heavy (non-hydrogen) atoms. The van der Waals surface area contributed by atoms with E-state index in [4.69, 9.17) is 0 Å². The highest BCUT2D eigenvalue weighted by Crippen LogP contribution is 2.08. The fraction of sp³-hybridized carbons (Fsp3) is 0.818. The van der Waals surface area contributed by atoms with Gasteiger partial charge in [0.05, 0.1) is 0 Å². The third-order valence-electron chi connectivity index (χ3n) is 2.49. The smallest absolute Gasteiger partial charge is 0.0216 e. The number of hydrogen-bond donors (Lipinski definition) is 1. The zero-order valence-corrected chi connectivity index (χ0v) is 8.77. The molecule has 1 rings (SSSR count). The van der Waals surface area contributed by atoms with Crippen molar-refractivity contribution in [2.24, 2.45) is 0 Å². The summed E-state index contributed by atoms with van der Waals surface area (Å²) in [6.45, 7) is 8.76. The summed E-state index contributed by atoms with van der Waals surface area (Å²) >= 11 is 0. The van der Waals surface area contributed by atoms with Gasteiger partial charge in [0.15, 0.2) is 0 Å². The summed E-state index contributed by atoms with van der Waals surface area (Å²) in [7, 11) is 0. The molecule has 1 fully saturated rings. The van der Waals surface area contributed by atoms with Crippen molar-refractivity contribution in [1.82, 2.24) is 10.2 Å². The van der Waals surface area contributed by atoms with Crippen LogP contribution in [0.4, 0.5) is 0 Å². The first kappa shape index (κ1) is 10.6. The molecule has 0 radical (unpaired) electrons. The Morgan fingerprint density at radius 2 is 2.38 bits per heavy atom. The molecular formula is C11H20N2. The monoisotopic (exact) mass is 180 g/mol. The number of rotatable bonds is 4. The maximum absolute atomic E-state index is 3.49. The number of likely N-dealkylation sites (N-methyl/N-ethyl adjacent to an activating group) is 1. The van der Waals surface area contributed by atoms with Crippen LogP contribution in [0.1, 0.15) is 26.7 Å². The Morgan fingerprint density at radius 1 is 1.54 bits per heavy atom. The average molecular weight is 180 g/mol. The molecule has 1 heterocycles. The lowest BCUT2D eigenvalue weighted by Crippen LogP contribution is -2.32. The van der Waals surface area contributed by atoms with Gasteiger partial charge in [-0.05, 0) is 26.4 Å². The molecule has 1 saturated heterocycles. The molecule has 0 aromatic carbocycles. The van der Waals surface area contributed by atoms with Crippen LogP contribution in [-0.2, 0) is 0 Å². The summed E-state index contributed by atoms with van der Waals surface area (Å²) in [5.41, 5.74) is 0. The predicted molar refractivity (Wildman–Crippen MR) is 56.6 cm³/mol. The highest BCUT2D eigenvalue weighted by atomic mass is 15.2. The van der Waals surface area contributed by atoms with Gasteiger partial charge in [-0.1, -0.05) is 6.92 Å². The average Bonchev–Trinajstić information content (AvgIpc) is 2.54. The molecule has 74 valence electrons. The van der Waals surface area contributed by atoms with Crippen LogP contribution in [0, 0.1) is 11.8 Å². The largest absolute Gasteiger partial charge is 0.313 e. The molecule has 0 saturated carbocycles. The zero-order chi connectivity index (χ0) is 9.52. The molecule has 1 atom stereocenters. The highest BCUT2D eigenvalue weighted by Gasteiger charge is 2.20. The molecule has 2 nitrogen and oxygen atoms in total. The topological polar surface area (TPSA) is 15.3 Å². The molecule has 0 amide bonds. The van der Waals surface area contributed by atoms with E-state index in [-0.39, 0.29) is 0 Å². The van der Waals surface area contributed by atoms with Gasteiger partial charge >= 0.3 is 0 Å². The Hall–Kier alpha value is -0.520. The first-order valence-corrected chi connectivity index (χ1v) is 5.22. The predicted octanol–water partition coefficient (Wildman–Crippen LogP) is 1.08. The summed E-state index contributed by atoms with van der Waals surface area (Å²) in [5.74, 6) is 6.05. The molecule has 0 aliphatic carbocycles. The molecule has 0 bridgehead atoms. The second kappa shape index (κ2) is 6.01. The number of hydrogen-bond acceptors (Lipinski definition) is 2. The zero-order valence-electron chi connectivity index (χ0n) is 8.77. The minimum absolute atomic E-state index is 0.722. The number of nitrogens with one attached hydrogen (secondary N) is 1. The van der Waals surface area contributed by atoms with Crippen molar-refractivity contribution >= 4 is 0 Å². The molecule has 1 unspecified atom stereocenters. The normalized spacial score (nSPS) is 22.8. The van der Waals surface area contributed by atoms with Gasteiger partial charge in [-0.25, -0.2) is 0 Å². The van der Waals surface area contributed by atoms with Crippen molar-refractivity contribution < 1.29 is 0 Å². The Kier molecular flexibility index (Phi) is 4.88. The van der Waals surface area contributed by atoms with Crippen LogP contribution >= 0.6 is 0 Å². The third kappa shape index (κ3) is 3.80. The fourth-order valence-corrected chi connectivity index (χ4v) is 1.83. The van der Waals surface area contributed by atoms with E-state index in [2.05, 4.69) is 29.0 Å². The molecule has 0 spiro atoms. The van der Waals surface area contributed by atoms with Gasteiger partial charge in [0, 0.05) is 25.6 Å². The van der Waals surface area contributed by atoms with Crippen molar-refractivity contribution in [3.8, 4) is 11.8 Å². The standard InChI is InChI=1S/C11H20N2/c1-3-5-6-8-13-9-7-11(10-13)12-4-2/h11-12H,4,6-10H2,1-2H3. The van der Waals surface area contributed by atoms with E-state index in [9.17, 15) is 0 Å². The summed E-state index contributed by atoms with van der Waals surface area (Å²) in [6, 6.07) is 0.722. The van der Waals surface area contributed by atoms with Gasteiger partial charge in [0.1, 0.15) is 0 Å². The summed E-state index contributed by atoms with van der Waals surface area (Å²) in [5, 5.41) is 3.49. The van der Waals surface area contributed by atoms with Crippen molar-refractivity contribution in [3.63, 3.8) is 0 Å². The molecule has 1 aliphatic heterocycles. The van der Waals surface area contributed by atoms with Gasteiger partial charge < -0.3 is 10.2 Å². The highest BCUT2D eigenvalue weighted by molar-refractivity contribution is 4.96. The Balaban J connectivity index is 2.12. The van der Waals surface area contributed by atoms with E-state index in [0.29, 0.717) is 0 Å². The van der Waals surface area contributed by atoms with E-state index in [1.54, 1.807) is 0 Å². The lowest BCUT2D eigenvalue weighted by Gasteiger charge is -2.14. The van der Waals surface area contributed by atoms with Gasteiger partial charge in [-0.3, -0.25) is 0 Å². The SMILES string of the molecule is CC#CCCN1CCC(NCC)C1. The summed E-state index contributed by atoms with van der Waals surface area (Å²) in [4.78, 5) is 2.50. The van der Waals surface area contributed by atoms with Gasteiger partial charge in [0.2, 0.25) is 0 Å².